The second-order valence-electron chi connectivity index (χ2n) is 6.25. The molecule has 1 aliphatic heterocycles. The summed E-state index contributed by atoms with van der Waals surface area (Å²) >= 11 is 1.79. The highest BCUT2D eigenvalue weighted by Crippen LogP contribution is 2.33. The van der Waals surface area contributed by atoms with Gasteiger partial charge in [0.2, 0.25) is 0 Å². The van der Waals surface area contributed by atoms with Crippen LogP contribution in [0.15, 0.2) is 5.38 Å². The molecule has 1 amide bonds. The minimum Gasteiger partial charge on any atom is -0.338 e. The first kappa shape index (κ1) is 14.1. The van der Waals surface area contributed by atoms with Gasteiger partial charge in [-0.1, -0.05) is 6.92 Å². The van der Waals surface area contributed by atoms with Crippen molar-refractivity contribution in [3.63, 3.8) is 0 Å². The Hall–Kier alpha value is -0.870. The van der Waals surface area contributed by atoms with Gasteiger partial charge >= 0.3 is 0 Å². The number of nitrogens with one attached hydrogen (secondary N) is 1. The summed E-state index contributed by atoms with van der Waals surface area (Å²) in [6.07, 6.45) is 5.63. The van der Waals surface area contributed by atoms with E-state index in [1.54, 1.807) is 11.3 Å². The highest BCUT2D eigenvalue weighted by Gasteiger charge is 2.28. The van der Waals surface area contributed by atoms with E-state index in [1.807, 2.05) is 11.9 Å². The van der Waals surface area contributed by atoms with Gasteiger partial charge in [0.25, 0.3) is 5.91 Å². The molecule has 0 bridgehead atoms. The van der Waals surface area contributed by atoms with E-state index in [1.165, 1.54) is 16.9 Å². The second kappa shape index (κ2) is 5.86. The fourth-order valence-corrected chi connectivity index (χ4v) is 4.64. The van der Waals surface area contributed by atoms with E-state index in [0.29, 0.717) is 6.04 Å². The van der Waals surface area contributed by atoms with Crippen LogP contribution in [0, 0.1) is 5.92 Å². The predicted molar refractivity (Wildman–Crippen MR) is 83.5 cm³/mol. The zero-order valence-corrected chi connectivity index (χ0v) is 13.3. The molecule has 20 heavy (non-hydrogen) atoms. The molecule has 1 saturated heterocycles. The number of fused-ring (bicyclic) bond motifs is 1. The molecule has 2 aliphatic rings. The number of hydrogen-bond acceptors (Lipinski definition) is 3. The maximum atomic E-state index is 12.7. The number of carbonyl (C=O) groups is 1. The van der Waals surface area contributed by atoms with Crippen molar-refractivity contribution >= 4 is 17.2 Å². The molecular formula is C16H24N2OS. The first-order valence-corrected chi connectivity index (χ1v) is 8.62. The lowest BCUT2D eigenvalue weighted by molar-refractivity contribution is 0.0706. The largest absolute Gasteiger partial charge is 0.338 e. The molecule has 3 rings (SSSR count). The summed E-state index contributed by atoms with van der Waals surface area (Å²) in [7, 11) is 2.01. The van der Waals surface area contributed by atoms with Crippen LogP contribution in [0.3, 0.4) is 0 Å². The third kappa shape index (κ3) is 2.63. The minimum atomic E-state index is 0.270. The quantitative estimate of drug-likeness (QED) is 0.909. The van der Waals surface area contributed by atoms with Gasteiger partial charge in [-0.3, -0.25) is 4.79 Å². The molecule has 0 spiro atoms. The molecule has 1 atom stereocenters. The lowest BCUT2D eigenvalue weighted by atomic mass is 9.88. The summed E-state index contributed by atoms with van der Waals surface area (Å²) < 4.78 is 0. The molecule has 0 saturated carbocycles. The monoisotopic (exact) mass is 292 g/mol. The van der Waals surface area contributed by atoms with E-state index in [2.05, 4.69) is 17.6 Å². The van der Waals surface area contributed by atoms with Crippen molar-refractivity contribution in [2.75, 3.05) is 20.1 Å². The van der Waals surface area contributed by atoms with E-state index in [0.717, 1.165) is 50.3 Å². The average molecular weight is 292 g/mol. The van der Waals surface area contributed by atoms with Gasteiger partial charge in [0.15, 0.2) is 0 Å². The summed E-state index contributed by atoms with van der Waals surface area (Å²) in [5, 5.41) is 5.42. The average Bonchev–Trinajstić information content (AvgIpc) is 2.89. The van der Waals surface area contributed by atoms with Gasteiger partial charge in [-0.25, -0.2) is 0 Å². The predicted octanol–water partition coefficient (Wildman–Crippen LogP) is 2.70. The summed E-state index contributed by atoms with van der Waals surface area (Å²) in [6, 6.07) is 0.580. The number of hydrogen-bond donors (Lipinski definition) is 1. The highest BCUT2D eigenvalue weighted by atomic mass is 32.1. The summed E-state index contributed by atoms with van der Waals surface area (Å²) in [5.41, 5.74) is 2.36. The Morgan fingerprint density at radius 3 is 2.80 bits per heavy atom. The summed E-state index contributed by atoms with van der Waals surface area (Å²) in [4.78, 5) is 16.2. The van der Waals surface area contributed by atoms with E-state index < -0.39 is 0 Å². The SMILES string of the molecule is CNC1CCN(C(=O)c2csc3c2CCC(C)C3)CC1. The van der Waals surface area contributed by atoms with Crippen LogP contribution >= 0.6 is 11.3 Å². The molecule has 0 aromatic carbocycles. The Kier molecular flexibility index (Phi) is 4.13. The van der Waals surface area contributed by atoms with Crippen LogP contribution in [-0.4, -0.2) is 37.0 Å². The fourth-order valence-electron chi connectivity index (χ4n) is 3.40. The first-order valence-electron chi connectivity index (χ1n) is 7.74. The van der Waals surface area contributed by atoms with E-state index in [-0.39, 0.29) is 5.91 Å². The Balaban J connectivity index is 1.72. The van der Waals surface area contributed by atoms with Gasteiger partial charge in [-0.2, -0.15) is 0 Å². The molecule has 3 nitrogen and oxygen atoms in total. The van der Waals surface area contributed by atoms with Gasteiger partial charge in [0.1, 0.15) is 0 Å². The van der Waals surface area contributed by atoms with Crippen molar-refractivity contribution in [1.29, 1.82) is 0 Å². The zero-order valence-electron chi connectivity index (χ0n) is 12.4. The number of thiophene rings is 1. The molecule has 110 valence electrons. The van der Waals surface area contributed by atoms with Crippen LogP contribution in [0.1, 0.15) is 47.0 Å². The summed E-state index contributed by atoms with van der Waals surface area (Å²) in [6.45, 7) is 4.10. The van der Waals surface area contributed by atoms with Gasteiger partial charge in [-0.15, -0.1) is 11.3 Å². The second-order valence-corrected chi connectivity index (χ2v) is 7.22. The maximum absolute atomic E-state index is 12.7. The van der Waals surface area contributed by atoms with Crippen molar-refractivity contribution in [2.45, 2.75) is 45.1 Å². The van der Waals surface area contributed by atoms with Crippen LogP contribution in [0.2, 0.25) is 0 Å². The molecule has 1 N–H and O–H groups in total. The van der Waals surface area contributed by atoms with E-state index >= 15 is 0 Å². The van der Waals surface area contributed by atoms with Gasteiger partial charge < -0.3 is 10.2 Å². The topological polar surface area (TPSA) is 32.3 Å². The number of likely N-dealkylation sites (tertiary alicyclic amines) is 1. The Bertz CT molecular complexity index is 489. The van der Waals surface area contributed by atoms with Crippen LogP contribution in [-0.2, 0) is 12.8 Å². The minimum absolute atomic E-state index is 0.270. The normalized spacial score (nSPS) is 23.7. The van der Waals surface area contributed by atoms with Gasteiger partial charge in [0, 0.05) is 29.4 Å². The Labute approximate surface area is 125 Å². The van der Waals surface area contributed by atoms with Crippen LogP contribution < -0.4 is 5.32 Å². The molecule has 1 aromatic heterocycles. The van der Waals surface area contributed by atoms with Crippen LogP contribution in [0.4, 0.5) is 0 Å². The molecule has 2 heterocycles. The number of rotatable bonds is 2. The van der Waals surface area contributed by atoms with Crippen molar-refractivity contribution in [1.82, 2.24) is 10.2 Å². The van der Waals surface area contributed by atoms with Crippen molar-refractivity contribution in [3.05, 3.63) is 21.4 Å². The molecule has 1 aliphatic carbocycles. The highest BCUT2D eigenvalue weighted by molar-refractivity contribution is 7.10. The lowest BCUT2D eigenvalue weighted by Crippen LogP contribution is -2.44. The number of nitrogens with zero attached hydrogens (tertiary/aromatic N) is 1. The summed E-state index contributed by atoms with van der Waals surface area (Å²) in [5.74, 6) is 1.04. The number of piperidine rings is 1. The van der Waals surface area contributed by atoms with Crippen LogP contribution in [0.5, 0.6) is 0 Å². The fraction of sp³-hybridized carbons (Fsp3) is 0.688. The number of amides is 1. The standard InChI is InChI=1S/C16H24N2OS/c1-11-3-4-13-14(10-20-15(13)9-11)16(19)18-7-5-12(17-2)6-8-18/h10-12,17H,3-9H2,1-2H3. The van der Waals surface area contributed by atoms with Crippen molar-refractivity contribution < 1.29 is 4.79 Å². The van der Waals surface area contributed by atoms with E-state index in [4.69, 9.17) is 0 Å². The lowest BCUT2D eigenvalue weighted by Gasteiger charge is -2.32. The Morgan fingerprint density at radius 1 is 1.35 bits per heavy atom. The Morgan fingerprint density at radius 2 is 2.10 bits per heavy atom. The van der Waals surface area contributed by atoms with Gasteiger partial charge in [0.05, 0.1) is 5.56 Å². The molecule has 0 radical (unpaired) electrons. The smallest absolute Gasteiger partial charge is 0.254 e. The molecule has 1 fully saturated rings. The first-order chi connectivity index (χ1) is 9.69. The molecule has 4 heteroatoms. The molecule has 1 aromatic rings. The third-order valence-corrected chi connectivity index (χ3v) is 5.87. The number of carbonyl (C=O) groups excluding carboxylic acids is 1. The van der Waals surface area contributed by atoms with Crippen molar-refractivity contribution in [2.24, 2.45) is 5.92 Å². The maximum Gasteiger partial charge on any atom is 0.254 e. The zero-order chi connectivity index (χ0) is 14.1. The molecule has 1 unspecified atom stereocenters. The van der Waals surface area contributed by atoms with E-state index in [9.17, 15) is 4.79 Å². The van der Waals surface area contributed by atoms with Crippen LogP contribution in [0.25, 0.3) is 0 Å². The van der Waals surface area contributed by atoms with Gasteiger partial charge in [-0.05, 0) is 50.6 Å². The third-order valence-electron chi connectivity index (χ3n) is 4.82. The molecular weight excluding hydrogens is 268 g/mol. The van der Waals surface area contributed by atoms with Crippen molar-refractivity contribution in [3.8, 4) is 0 Å².